The second-order valence-electron chi connectivity index (χ2n) is 11.2. The number of unbranched alkanes of at least 4 members (excludes halogenated alkanes) is 12. The van der Waals surface area contributed by atoms with Crippen LogP contribution in [0.2, 0.25) is 0 Å². The molecule has 1 aromatic heterocycles. The fourth-order valence-electron chi connectivity index (χ4n) is 4.99. The molecule has 0 saturated carbocycles. The summed E-state index contributed by atoms with van der Waals surface area (Å²) in [5.74, 6) is 0.194. The SMILES string of the molecule is CCCCCCCCCCOCc1ccc(-c2ccc(OC(=O)c3ccc(CCCCCCCC)cc3)cc2)nc1. The van der Waals surface area contributed by atoms with Gasteiger partial charge >= 0.3 is 5.97 Å². The van der Waals surface area contributed by atoms with Gasteiger partial charge in [0.1, 0.15) is 5.75 Å². The van der Waals surface area contributed by atoms with E-state index in [0.717, 1.165) is 36.3 Å². The summed E-state index contributed by atoms with van der Waals surface area (Å²) in [6, 6.07) is 19.4. The molecule has 0 spiro atoms. The molecule has 0 aliphatic heterocycles. The summed E-state index contributed by atoms with van der Waals surface area (Å²) in [5, 5.41) is 0. The van der Waals surface area contributed by atoms with Gasteiger partial charge in [-0.1, -0.05) is 109 Å². The maximum atomic E-state index is 12.6. The number of esters is 1. The third-order valence-corrected chi connectivity index (χ3v) is 7.60. The molecule has 3 rings (SSSR count). The Kier molecular flexibility index (Phi) is 15.9. The zero-order valence-electron chi connectivity index (χ0n) is 25.5. The monoisotopic (exact) mass is 557 g/mol. The van der Waals surface area contributed by atoms with Crippen molar-refractivity contribution in [1.29, 1.82) is 0 Å². The van der Waals surface area contributed by atoms with Crippen LogP contribution < -0.4 is 4.74 Å². The first-order valence-electron chi connectivity index (χ1n) is 16.1. The molecular weight excluding hydrogens is 506 g/mol. The number of pyridine rings is 1. The summed E-state index contributed by atoms with van der Waals surface area (Å²) in [4.78, 5) is 17.3. The molecule has 4 nitrogen and oxygen atoms in total. The molecule has 0 aliphatic carbocycles. The molecule has 0 atom stereocenters. The van der Waals surface area contributed by atoms with Crippen LogP contribution in [0.15, 0.2) is 66.9 Å². The highest BCUT2D eigenvalue weighted by molar-refractivity contribution is 5.91. The van der Waals surface area contributed by atoms with Gasteiger partial charge in [-0.3, -0.25) is 4.98 Å². The lowest BCUT2D eigenvalue weighted by Gasteiger charge is -2.08. The number of nitrogens with zero attached hydrogens (tertiary/aromatic N) is 1. The molecule has 1 heterocycles. The van der Waals surface area contributed by atoms with Crippen LogP contribution in [0.25, 0.3) is 11.3 Å². The van der Waals surface area contributed by atoms with Crippen LogP contribution in [0, 0.1) is 0 Å². The molecule has 41 heavy (non-hydrogen) atoms. The Morgan fingerprint density at radius 3 is 1.83 bits per heavy atom. The Morgan fingerprint density at radius 2 is 1.22 bits per heavy atom. The average Bonchev–Trinajstić information content (AvgIpc) is 3.01. The van der Waals surface area contributed by atoms with Crippen molar-refractivity contribution in [1.82, 2.24) is 4.98 Å². The number of hydrogen-bond acceptors (Lipinski definition) is 4. The summed E-state index contributed by atoms with van der Waals surface area (Å²) >= 11 is 0. The standard InChI is InChI=1S/C37H51NO3/c1-3-5-7-9-11-12-14-16-28-40-30-32-20-27-36(38-29-32)33-23-25-35(26-24-33)41-37(39)34-21-18-31(19-22-34)17-15-13-10-8-6-4-2/h18-27,29H,3-17,28,30H2,1-2H3. The number of carbonyl (C=O) groups is 1. The van der Waals surface area contributed by atoms with E-state index in [9.17, 15) is 4.79 Å². The van der Waals surface area contributed by atoms with Crippen LogP contribution in [-0.2, 0) is 17.8 Å². The molecule has 0 aliphatic rings. The van der Waals surface area contributed by atoms with E-state index in [1.165, 1.54) is 89.0 Å². The summed E-state index contributed by atoms with van der Waals surface area (Å²) in [6.45, 7) is 5.91. The number of hydrogen-bond donors (Lipinski definition) is 0. The molecule has 0 fully saturated rings. The third kappa shape index (κ3) is 13.0. The Labute approximate surface area is 248 Å². The van der Waals surface area contributed by atoms with Gasteiger partial charge in [-0.25, -0.2) is 4.79 Å². The Morgan fingerprint density at radius 1 is 0.634 bits per heavy atom. The molecule has 0 N–H and O–H groups in total. The topological polar surface area (TPSA) is 48.4 Å². The smallest absolute Gasteiger partial charge is 0.343 e. The zero-order valence-corrected chi connectivity index (χ0v) is 25.5. The minimum atomic E-state index is -0.335. The molecule has 0 bridgehead atoms. The second-order valence-corrected chi connectivity index (χ2v) is 11.2. The van der Waals surface area contributed by atoms with E-state index in [1.54, 1.807) is 0 Å². The van der Waals surface area contributed by atoms with E-state index in [1.807, 2.05) is 60.8 Å². The van der Waals surface area contributed by atoms with Gasteiger partial charge in [0.05, 0.1) is 17.9 Å². The third-order valence-electron chi connectivity index (χ3n) is 7.60. The Hall–Kier alpha value is -2.98. The molecule has 4 heteroatoms. The van der Waals surface area contributed by atoms with E-state index < -0.39 is 0 Å². The van der Waals surface area contributed by atoms with Crippen LogP contribution in [0.1, 0.15) is 125 Å². The van der Waals surface area contributed by atoms with Crippen molar-refractivity contribution >= 4 is 5.97 Å². The summed E-state index contributed by atoms with van der Waals surface area (Å²) in [6.07, 6.45) is 21.1. The van der Waals surface area contributed by atoms with E-state index in [-0.39, 0.29) is 5.97 Å². The molecule has 2 aromatic carbocycles. The zero-order chi connectivity index (χ0) is 29.0. The second kappa shape index (κ2) is 20.0. The van der Waals surface area contributed by atoms with Gasteiger partial charge in [0.15, 0.2) is 0 Å². The molecule has 0 amide bonds. The van der Waals surface area contributed by atoms with E-state index in [2.05, 4.69) is 24.9 Å². The van der Waals surface area contributed by atoms with Crippen molar-refractivity contribution < 1.29 is 14.3 Å². The van der Waals surface area contributed by atoms with Gasteiger partial charge in [0, 0.05) is 18.4 Å². The van der Waals surface area contributed by atoms with E-state index in [4.69, 9.17) is 9.47 Å². The average molecular weight is 558 g/mol. The fourth-order valence-corrected chi connectivity index (χ4v) is 4.99. The van der Waals surface area contributed by atoms with Crippen LogP contribution in [0.3, 0.4) is 0 Å². The van der Waals surface area contributed by atoms with Gasteiger partial charge in [0.25, 0.3) is 0 Å². The van der Waals surface area contributed by atoms with Crippen molar-refractivity contribution in [2.75, 3.05) is 6.61 Å². The molecule has 3 aromatic rings. The van der Waals surface area contributed by atoms with Gasteiger partial charge in [-0.05, 0) is 72.9 Å². The lowest BCUT2D eigenvalue weighted by Crippen LogP contribution is -2.08. The Balaban J connectivity index is 1.35. The largest absolute Gasteiger partial charge is 0.423 e. The maximum Gasteiger partial charge on any atom is 0.343 e. The fraction of sp³-hybridized carbons (Fsp3) is 0.514. The van der Waals surface area contributed by atoms with E-state index in [0.29, 0.717) is 17.9 Å². The van der Waals surface area contributed by atoms with Crippen molar-refractivity contribution in [2.45, 2.75) is 117 Å². The lowest BCUT2D eigenvalue weighted by atomic mass is 10.0. The summed E-state index contributed by atoms with van der Waals surface area (Å²) in [7, 11) is 0. The van der Waals surface area contributed by atoms with Crippen LogP contribution in [-0.4, -0.2) is 17.6 Å². The number of benzene rings is 2. The van der Waals surface area contributed by atoms with Crippen molar-refractivity contribution in [3.8, 4) is 17.0 Å². The van der Waals surface area contributed by atoms with E-state index >= 15 is 0 Å². The number of aryl methyl sites for hydroxylation is 1. The molecule has 0 radical (unpaired) electrons. The minimum Gasteiger partial charge on any atom is -0.423 e. The summed E-state index contributed by atoms with van der Waals surface area (Å²) in [5.41, 5.74) is 4.79. The van der Waals surface area contributed by atoms with Crippen molar-refractivity contribution in [3.05, 3.63) is 83.6 Å². The lowest BCUT2D eigenvalue weighted by molar-refractivity contribution is 0.0734. The quantitative estimate of drug-likeness (QED) is 0.0742. The number of ether oxygens (including phenoxy) is 2. The van der Waals surface area contributed by atoms with Crippen LogP contribution in [0.4, 0.5) is 0 Å². The van der Waals surface area contributed by atoms with Crippen molar-refractivity contribution in [3.63, 3.8) is 0 Å². The first-order chi connectivity index (χ1) is 20.2. The first-order valence-corrected chi connectivity index (χ1v) is 16.1. The van der Waals surface area contributed by atoms with Gasteiger partial charge < -0.3 is 9.47 Å². The van der Waals surface area contributed by atoms with Crippen molar-refractivity contribution in [2.24, 2.45) is 0 Å². The van der Waals surface area contributed by atoms with Gasteiger partial charge in [-0.2, -0.15) is 0 Å². The molecular formula is C37H51NO3. The normalized spacial score (nSPS) is 11.1. The minimum absolute atomic E-state index is 0.335. The first kappa shape index (κ1) is 32.5. The predicted octanol–water partition coefficient (Wildman–Crippen LogP) is 10.5. The summed E-state index contributed by atoms with van der Waals surface area (Å²) < 4.78 is 11.5. The molecule has 222 valence electrons. The van der Waals surface area contributed by atoms with Gasteiger partial charge in [-0.15, -0.1) is 0 Å². The number of rotatable bonds is 21. The predicted molar refractivity (Wildman–Crippen MR) is 170 cm³/mol. The highest BCUT2D eigenvalue weighted by Crippen LogP contribution is 2.22. The van der Waals surface area contributed by atoms with Crippen LogP contribution >= 0.6 is 0 Å². The highest BCUT2D eigenvalue weighted by Gasteiger charge is 2.09. The molecule has 0 unspecified atom stereocenters. The Bertz CT molecular complexity index is 1090. The number of carbonyl (C=O) groups excluding carboxylic acids is 1. The number of aromatic nitrogens is 1. The molecule has 0 saturated heterocycles. The van der Waals surface area contributed by atoms with Crippen LogP contribution in [0.5, 0.6) is 5.75 Å². The van der Waals surface area contributed by atoms with Gasteiger partial charge in [0.2, 0.25) is 0 Å². The maximum absolute atomic E-state index is 12.6. The highest BCUT2D eigenvalue weighted by atomic mass is 16.5.